The van der Waals surface area contributed by atoms with E-state index in [1.54, 1.807) is 0 Å². The molecule has 0 aliphatic rings. The smallest absolute Gasteiger partial charge is 0.370 e. The average molecular weight is 289 g/mol. The van der Waals surface area contributed by atoms with E-state index in [0.29, 0.717) is 0 Å². The molecule has 8 heteroatoms. The van der Waals surface area contributed by atoms with Crippen molar-refractivity contribution in [2.45, 2.75) is 25.2 Å². The van der Waals surface area contributed by atoms with Gasteiger partial charge in [0, 0.05) is 6.54 Å². The molecular formula is C12H14F3N3O2. The Morgan fingerprint density at radius 3 is 2.40 bits per heavy atom. The SMILES string of the molecule is NC(=O)CC(N)C(=O)NCc1ccccc1C(F)(F)F. The number of hydrogen-bond acceptors (Lipinski definition) is 3. The third-order valence-electron chi connectivity index (χ3n) is 2.53. The zero-order chi connectivity index (χ0) is 15.3. The van der Waals surface area contributed by atoms with Crippen molar-refractivity contribution in [3.63, 3.8) is 0 Å². The Balaban J connectivity index is 2.71. The zero-order valence-corrected chi connectivity index (χ0v) is 10.4. The highest BCUT2D eigenvalue weighted by molar-refractivity contribution is 5.87. The summed E-state index contributed by atoms with van der Waals surface area (Å²) in [5, 5.41) is 2.24. The standard InChI is InChI=1S/C12H14F3N3O2/c13-12(14,15)8-4-2-1-3-7(8)6-18-11(20)9(16)5-10(17)19/h1-4,9H,5-6,16H2,(H2,17,19)(H,18,20). The molecule has 0 saturated heterocycles. The molecule has 110 valence electrons. The van der Waals surface area contributed by atoms with E-state index >= 15 is 0 Å². The van der Waals surface area contributed by atoms with Gasteiger partial charge in [-0.15, -0.1) is 0 Å². The summed E-state index contributed by atoms with van der Waals surface area (Å²) in [6.07, 6.45) is -4.87. The normalized spacial score (nSPS) is 12.8. The maximum absolute atomic E-state index is 12.7. The highest BCUT2D eigenvalue weighted by Crippen LogP contribution is 2.31. The second-order valence-electron chi connectivity index (χ2n) is 4.15. The van der Waals surface area contributed by atoms with Crippen molar-refractivity contribution in [3.05, 3.63) is 35.4 Å². The first-order valence-corrected chi connectivity index (χ1v) is 5.68. The van der Waals surface area contributed by atoms with Gasteiger partial charge in [0.15, 0.2) is 0 Å². The Morgan fingerprint density at radius 2 is 1.85 bits per heavy atom. The summed E-state index contributed by atoms with van der Waals surface area (Å²) in [5.41, 5.74) is 9.33. The van der Waals surface area contributed by atoms with Crippen LogP contribution in [0.5, 0.6) is 0 Å². The summed E-state index contributed by atoms with van der Waals surface area (Å²) < 4.78 is 38.1. The molecule has 0 radical (unpaired) electrons. The van der Waals surface area contributed by atoms with Gasteiger partial charge in [0.1, 0.15) is 0 Å². The van der Waals surface area contributed by atoms with Crippen molar-refractivity contribution in [1.82, 2.24) is 5.32 Å². The van der Waals surface area contributed by atoms with Gasteiger partial charge in [0.05, 0.1) is 18.0 Å². The van der Waals surface area contributed by atoms with Crippen LogP contribution in [0, 0.1) is 0 Å². The number of nitrogens with one attached hydrogen (secondary N) is 1. The van der Waals surface area contributed by atoms with Crippen molar-refractivity contribution < 1.29 is 22.8 Å². The maximum atomic E-state index is 12.7. The van der Waals surface area contributed by atoms with Crippen LogP contribution in [0.15, 0.2) is 24.3 Å². The van der Waals surface area contributed by atoms with Crippen molar-refractivity contribution >= 4 is 11.8 Å². The molecule has 1 aromatic rings. The summed E-state index contributed by atoms with van der Waals surface area (Å²) in [5.74, 6) is -1.50. The summed E-state index contributed by atoms with van der Waals surface area (Å²) in [7, 11) is 0. The molecule has 1 unspecified atom stereocenters. The average Bonchev–Trinajstić information content (AvgIpc) is 2.34. The van der Waals surface area contributed by atoms with Gasteiger partial charge in [0.2, 0.25) is 11.8 Å². The Bertz CT molecular complexity index is 503. The second kappa shape index (κ2) is 6.38. The molecule has 2 amide bonds. The number of alkyl halides is 3. The molecule has 0 spiro atoms. The second-order valence-corrected chi connectivity index (χ2v) is 4.15. The zero-order valence-electron chi connectivity index (χ0n) is 10.4. The number of benzene rings is 1. The molecule has 1 atom stereocenters. The number of carbonyl (C=O) groups is 2. The van der Waals surface area contributed by atoms with E-state index in [-0.39, 0.29) is 18.5 Å². The van der Waals surface area contributed by atoms with Gasteiger partial charge in [-0.2, -0.15) is 13.2 Å². The third kappa shape index (κ3) is 4.54. The van der Waals surface area contributed by atoms with Gasteiger partial charge >= 0.3 is 6.18 Å². The van der Waals surface area contributed by atoms with Crippen LogP contribution in [0.3, 0.4) is 0 Å². The molecule has 0 aliphatic heterocycles. The van der Waals surface area contributed by atoms with Crippen LogP contribution >= 0.6 is 0 Å². The van der Waals surface area contributed by atoms with E-state index in [4.69, 9.17) is 11.5 Å². The van der Waals surface area contributed by atoms with Gasteiger partial charge in [-0.3, -0.25) is 9.59 Å². The fourth-order valence-electron chi connectivity index (χ4n) is 1.57. The van der Waals surface area contributed by atoms with Crippen LogP contribution < -0.4 is 16.8 Å². The van der Waals surface area contributed by atoms with Crippen LogP contribution in [0.1, 0.15) is 17.5 Å². The molecule has 1 rings (SSSR count). The van der Waals surface area contributed by atoms with Crippen molar-refractivity contribution in [3.8, 4) is 0 Å². The molecule has 0 aliphatic carbocycles. The van der Waals surface area contributed by atoms with E-state index in [1.165, 1.54) is 18.2 Å². The molecule has 0 bridgehead atoms. The lowest BCUT2D eigenvalue weighted by molar-refractivity contribution is -0.138. The lowest BCUT2D eigenvalue weighted by Gasteiger charge is -2.14. The molecule has 0 saturated carbocycles. The van der Waals surface area contributed by atoms with Crippen LogP contribution in [-0.4, -0.2) is 17.9 Å². The molecule has 5 N–H and O–H groups in total. The van der Waals surface area contributed by atoms with Crippen molar-refractivity contribution in [2.75, 3.05) is 0 Å². The van der Waals surface area contributed by atoms with Crippen LogP contribution in [0.25, 0.3) is 0 Å². The van der Waals surface area contributed by atoms with Crippen LogP contribution in [0.2, 0.25) is 0 Å². The number of halogens is 3. The third-order valence-corrected chi connectivity index (χ3v) is 2.53. The summed E-state index contributed by atoms with van der Waals surface area (Å²) >= 11 is 0. The molecule has 20 heavy (non-hydrogen) atoms. The molecule has 5 nitrogen and oxygen atoms in total. The predicted molar refractivity (Wildman–Crippen MR) is 65.1 cm³/mol. The van der Waals surface area contributed by atoms with Gasteiger partial charge in [0.25, 0.3) is 0 Å². The number of amides is 2. The first-order valence-electron chi connectivity index (χ1n) is 5.68. The van der Waals surface area contributed by atoms with Crippen LogP contribution in [0.4, 0.5) is 13.2 Å². The predicted octanol–water partition coefficient (Wildman–Crippen LogP) is 0.524. The molecule has 1 aromatic carbocycles. The Kier molecular flexibility index (Phi) is 5.09. The first-order chi connectivity index (χ1) is 9.21. The number of primary amides is 1. The number of carbonyl (C=O) groups excluding carboxylic acids is 2. The minimum absolute atomic E-state index is 0.0837. The van der Waals surface area contributed by atoms with E-state index in [1.807, 2.05) is 0 Å². The number of nitrogens with two attached hydrogens (primary N) is 2. The topological polar surface area (TPSA) is 98.2 Å². The fourth-order valence-corrected chi connectivity index (χ4v) is 1.57. The largest absolute Gasteiger partial charge is 0.416 e. The van der Waals surface area contributed by atoms with E-state index < -0.39 is 29.6 Å². The summed E-state index contributed by atoms with van der Waals surface area (Å²) in [4.78, 5) is 22.1. The quantitative estimate of drug-likeness (QED) is 0.737. The molecule has 0 aromatic heterocycles. The fraction of sp³-hybridized carbons (Fsp3) is 0.333. The Morgan fingerprint density at radius 1 is 1.25 bits per heavy atom. The molecule has 0 fully saturated rings. The van der Waals surface area contributed by atoms with E-state index in [0.717, 1.165) is 6.07 Å². The Hall–Kier alpha value is -2.09. The van der Waals surface area contributed by atoms with Crippen molar-refractivity contribution in [1.29, 1.82) is 0 Å². The van der Waals surface area contributed by atoms with Crippen LogP contribution in [-0.2, 0) is 22.3 Å². The van der Waals surface area contributed by atoms with E-state index in [2.05, 4.69) is 5.32 Å². The minimum atomic E-state index is -4.50. The van der Waals surface area contributed by atoms with Gasteiger partial charge in [-0.25, -0.2) is 0 Å². The first kappa shape index (κ1) is 16.0. The highest BCUT2D eigenvalue weighted by atomic mass is 19.4. The summed E-state index contributed by atoms with van der Waals surface area (Å²) in [6, 6.07) is 3.69. The van der Waals surface area contributed by atoms with Crippen molar-refractivity contribution in [2.24, 2.45) is 11.5 Å². The number of rotatable bonds is 5. The summed E-state index contributed by atoms with van der Waals surface area (Å²) in [6.45, 7) is -0.332. The monoisotopic (exact) mass is 289 g/mol. The molecule has 0 heterocycles. The lowest BCUT2D eigenvalue weighted by atomic mass is 10.1. The maximum Gasteiger partial charge on any atom is 0.416 e. The Labute approximate surface area is 113 Å². The van der Waals surface area contributed by atoms with Gasteiger partial charge in [-0.05, 0) is 11.6 Å². The molecular weight excluding hydrogens is 275 g/mol. The van der Waals surface area contributed by atoms with Gasteiger partial charge < -0.3 is 16.8 Å². The lowest BCUT2D eigenvalue weighted by Crippen LogP contribution is -2.42. The minimum Gasteiger partial charge on any atom is -0.370 e. The number of hydrogen-bond donors (Lipinski definition) is 3. The van der Waals surface area contributed by atoms with E-state index in [9.17, 15) is 22.8 Å². The highest BCUT2D eigenvalue weighted by Gasteiger charge is 2.32. The van der Waals surface area contributed by atoms with Gasteiger partial charge in [-0.1, -0.05) is 18.2 Å².